The van der Waals surface area contributed by atoms with Gasteiger partial charge in [0.05, 0.1) is 17.3 Å². The minimum Gasteiger partial charge on any atom is -0.338 e. The molecule has 2 amide bonds. The van der Waals surface area contributed by atoms with E-state index in [1.807, 2.05) is 19.1 Å². The number of amides is 2. The average molecular weight is 385 g/mol. The van der Waals surface area contributed by atoms with Crippen LogP contribution < -0.4 is 5.32 Å². The second kappa shape index (κ2) is 8.71. The summed E-state index contributed by atoms with van der Waals surface area (Å²) in [6, 6.07) is 7.10. The summed E-state index contributed by atoms with van der Waals surface area (Å²) in [5.41, 5.74) is 0.715. The molecule has 25 heavy (non-hydrogen) atoms. The van der Waals surface area contributed by atoms with E-state index in [0.717, 1.165) is 11.3 Å². The van der Waals surface area contributed by atoms with Gasteiger partial charge >= 0.3 is 0 Å². The highest BCUT2D eigenvalue weighted by atomic mass is 32.2. The second-order valence-electron chi connectivity index (χ2n) is 6.14. The van der Waals surface area contributed by atoms with Gasteiger partial charge < -0.3 is 10.2 Å². The van der Waals surface area contributed by atoms with Gasteiger partial charge in [0.15, 0.2) is 9.84 Å². The normalized spacial score (nSPS) is 18.7. The van der Waals surface area contributed by atoms with Crippen LogP contribution in [0.2, 0.25) is 0 Å². The third-order valence-electron chi connectivity index (χ3n) is 3.97. The van der Waals surface area contributed by atoms with E-state index in [-0.39, 0.29) is 35.1 Å². The van der Waals surface area contributed by atoms with Gasteiger partial charge in [0.25, 0.3) is 0 Å². The molecule has 0 aromatic heterocycles. The highest BCUT2D eigenvalue weighted by Gasteiger charge is 2.34. The smallest absolute Gasteiger partial charge is 0.233 e. The summed E-state index contributed by atoms with van der Waals surface area (Å²) >= 11 is 1.42. The van der Waals surface area contributed by atoms with Crippen molar-refractivity contribution in [2.75, 3.05) is 29.1 Å². The summed E-state index contributed by atoms with van der Waals surface area (Å²) in [4.78, 5) is 26.2. The van der Waals surface area contributed by atoms with Crippen LogP contribution in [0.25, 0.3) is 0 Å². The maximum Gasteiger partial charge on any atom is 0.233 e. The molecule has 0 spiro atoms. The summed E-state index contributed by atoms with van der Waals surface area (Å²) in [5, 5.41) is 2.70. The van der Waals surface area contributed by atoms with E-state index in [2.05, 4.69) is 5.32 Å². The first-order valence-electron chi connectivity index (χ1n) is 8.31. The fraction of sp³-hybridized carbons (Fsp3) is 0.529. The number of benzene rings is 1. The van der Waals surface area contributed by atoms with E-state index in [1.165, 1.54) is 18.7 Å². The summed E-state index contributed by atoms with van der Waals surface area (Å²) < 4.78 is 23.4. The Morgan fingerprint density at radius 1 is 1.28 bits per heavy atom. The van der Waals surface area contributed by atoms with Gasteiger partial charge in [-0.3, -0.25) is 9.59 Å². The maximum absolute atomic E-state index is 12.6. The zero-order chi connectivity index (χ0) is 18.4. The molecule has 0 saturated carbocycles. The molecule has 1 aliphatic heterocycles. The number of thioether (sulfide) groups is 1. The van der Waals surface area contributed by atoms with Crippen molar-refractivity contribution < 1.29 is 18.0 Å². The van der Waals surface area contributed by atoms with E-state index < -0.39 is 9.84 Å². The van der Waals surface area contributed by atoms with Crippen molar-refractivity contribution in [2.45, 2.75) is 37.6 Å². The fourth-order valence-corrected chi connectivity index (χ4v) is 5.35. The van der Waals surface area contributed by atoms with Gasteiger partial charge in [0.1, 0.15) is 0 Å². The zero-order valence-corrected chi connectivity index (χ0v) is 16.2. The van der Waals surface area contributed by atoms with Crippen LogP contribution in [0.15, 0.2) is 29.2 Å². The zero-order valence-electron chi connectivity index (χ0n) is 14.5. The Morgan fingerprint density at radius 2 is 1.96 bits per heavy atom. The molecule has 1 fully saturated rings. The maximum atomic E-state index is 12.6. The monoisotopic (exact) mass is 384 g/mol. The molecule has 1 N–H and O–H groups in total. The Hall–Kier alpha value is -1.54. The van der Waals surface area contributed by atoms with E-state index >= 15 is 0 Å². The number of hydrogen-bond acceptors (Lipinski definition) is 5. The molecule has 8 heteroatoms. The number of sulfone groups is 1. The summed E-state index contributed by atoms with van der Waals surface area (Å²) in [6.45, 7) is 4.02. The van der Waals surface area contributed by atoms with Gasteiger partial charge in [-0.25, -0.2) is 8.42 Å². The van der Waals surface area contributed by atoms with Gasteiger partial charge in [0.2, 0.25) is 11.8 Å². The van der Waals surface area contributed by atoms with Crippen molar-refractivity contribution in [1.29, 1.82) is 0 Å². The Balaban J connectivity index is 1.93. The van der Waals surface area contributed by atoms with Crippen LogP contribution in [0, 0.1) is 0 Å². The van der Waals surface area contributed by atoms with Gasteiger partial charge in [0, 0.05) is 30.1 Å². The van der Waals surface area contributed by atoms with Crippen molar-refractivity contribution in [3.8, 4) is 0 Å². The lowest BCUT2D eigenvalue weighted by molar-refractivity contribution is -0.130. The molecule has 0 radical (unpaired) electrons. The number of rotatable bonds is 7. The van der Waals surface area contributed by atoms with Crippen LogP contribution in [0.4, 0.5) is 5.69 Å². The Bertz CT molecular complexity index is 717. The highest BCUT2D eigenvalue weighted by molar-refractivity contribution is 8.00. The van der Waals surface area contributed by atoms with Crippen molar-refractivity contribution >= 4 is 39.1 Å². The molecule has 1 saturated heterocycles. The quantitative estimate of drug-likeness (QED) is 0.729. The predicted molar refractivity (Wildman–Crippen MR) is 101 cm³/mol. The number of nitrogens with one attached hydrogen (secondary N) is 1. The number of nitrogens with zero attached hydrogens (tertiary/aromatic N) is 1. The molecule has 2 rings (SSSR count). The van der Waals surface area contributed by atoms with Crippen molar-refractivity contribution in [1.82, 2.24) is 4.90 Å². The van der Waals surface area contributed by atoms with Crippen LogP contribution in [-0.2, 0) is 19.4 Å². The van der Waals surface area contributed by atoms with Gasteiger partial charge in [-0.05, 0) is 37.1 Å². The number of carbonyl (C=O) groups is 2. The molecular formula is C17H24N2O4S2. The Kier molecular flexibility index (Phi) is 6.89. The average Bonchev–Trinajstić information content (AvgIpc) is 2.91. The van der Waals surface area contributed by atoms with Crippen LogP contribution in [-0.4, -0.2) is 55.0 Å². The first-order valence-corrected chi connectivity index (χ1v) is 11.1. The van der Waals surface area contributed by atoms with E-state index in [0.29, 0.717) is 18.7 Å². The van der Waals surface area contributed by atoms with Crippen LogP contribution >= 0.6 is 11.8 Å². The first kappa shape index (κ1) is 19.8. The third kappa shape index (κ3) is 6.04. The number of hydrogen-bond donors (Lipinski definition) is 1. The molecule has 0 aliphatic carbocycles. The van der Waals surface area contributed by atoms with Crippen LogP contribution in [0.3, 0.4) is 0 Å². The van der Waals surface area contributed by atoms with Crippen LogP contribution in [0.1, 0.15) is 26.7 Å². The lowest BCUT2D eigenvalue weighted by atomic mass is 10.2. The topological polar surface area (TPSA) is 83.6 Å². The Labute approximate surface area is 153 Å². The lowest BCUT2D eigenvalue weighted by Crippen LogP contribution is -2.42. The summed E-state index contributed by atoms with van der Waals surface area (Å²) in [5.74, 6) is 0.366. The standard InChI is InChI=1S/C17H24N2O4S2/c1-3-9-19(15-8-10-25(22,23)12-15)17(21)11-24-16-6-4-14(5-7-16)18-13(2)20/h4-7,15H,3,8-12H2,1-2H3,(H,18,20)/t15-/m1/s1. The van der Waals surface area contributed by atoms with E-state index in [1.54, 1.807) is 17.0 Å². The fourth-order valence-electron chi connectivity index (χ4n) is 2.84. The molecule has 6 nitrogen and oxygen atoms in total. The molecule has 1 aromatic carbocycles. The first-order chi connectivity index (χ1) is 11.8. The number of anilines is 1. The largest absolute Gasteiger partial charge is 0.338 e. The minimum atomic E-state index is -3.01. The molecule has 1 heterocycles. The predicted octanol–water partition coefficient (Wildman–Crippen LogP) is 2.16. The lowest BCUT2D eigenvalue weighted by Gasteiger charge is -2.27. The number of carbonyl (C=O) groups excluding carboxylic acids is 2. The molecule has 1 aromatic rings. The molecule has 0 bridgehead atoms. The van der Waals surface area contributed by atoms with Crippen LogP contribution in [0.5, 0.6) is 0 Å². The minimum absolute atomic E-state index is 0.0279. The van der Waals surface area contributed by atoms with E-state index in [4.69, 9.17) is 0 Å². The van der Waals surface area contributed by atoms with Gasteiger partial charge in [-0.15, -0.1) is 11.8 Å². The van der Waals surface area contributed by atoms with Crippen molar-refractivity contribution in [2.24, 2.45) is 0 Å². The molecule has 0 unspecified atom stereocenters. The Morgan fingerprint density at radius 3 is 2.48 bits per heavy atom. The second-order valence-corrected chi connectivity index (χ2v) is 9.42. The molecule has 138 valence electrons. The summed E-state index contributed by atoms with van der Waals surface area (Å²) in [6.07, 6.45) is 1.34. The summed E-state index contributed by atoms with van der Waals surface area (Å²) in [7, 11) is -3.01. The van der Waals surface area contributed by atoms with Gasteiger partial charge in [-0.2, -0.15) is 0 Å². The van der Waals surface area contributed by atoms with Gasteiger partial charge in [-0.1, -0.05) is 6.92 Å². The molecular weight excluding hydrogens is 360 g/mol. The van der Waals surface area contributed by atoms with E-state index in [9.17, 15) is 18.0 Å². The van der Waals surface area contributed by atoms with Crippen molar-refractivity contribution in [3.63, 3.8) is 0 Å². The SMILES string of the molecule is CCCN(C(=O)CSc1ccc(NC(C)=O)cc1)[C@@H]1CCS(=O)(=O)C1. The molecule has 1 aliphatic rings. The third-order valence-corrected chi connectivity index (χ3v) is 6.72. The molecule has 1 atom stereocenters. The van der Waals surface area contributed by atoms with Crippen molar-refractivity contribution in [3.05, 3.63) is 24.3 Å². The highest BCUT2D eigenvalue weighted by Crippen LogP contribution is 2.23.